The van der Waals surface area contributed by atoms with Crippen LogP contribution in [0.3, 0.4) is 0 Å². The van der Waals surface area contributed by atoms with Gasteiger partial charge in [0.2, 0.25) is 0 Å². The van der Waals surface area contributed by atoms with Crippen molar-refractivity contribution in [3.8, 4) is 0 Å². The Bertz CT molecular complexity index is 1260. The van der Waals surface area contributed by atoms with Crippen molar-refractivity contribution < 1.29 is 18.7 Å². The molecule has 0 spiro atoms. The number of esters is 1. The summed E-state index contributed by atoms with van der Waals surface area (Å²) in [6.07, 6.45) is 4.57. The van der Waals surface area contributed by atoms with Crippen LogP contribution in [0.15, 0.2) is 75.9 Å². The van der Waals surface area contributed by atoms with E-state index in [0.717, 1.165) is 34.3 Å². The number of carbonyl (C=O) groups is 2. The molecule has 0 radical (unpaired) electrons. The molecule has 1 aliphatic heterocycles. The summed E-state index contributed by atoms with van der Waals surface area (Å²) in [4.78, 5) is 23.3. The van der Waals surface area contributed by atoms with E-state index in [0.29, 0.717) is 12.1 Å². The lowest BCUT2D eigenvalue weighted by Crippen LogP contribution is -2.19. The highest BCUT2D eigenvalue weighted by Crippen LogP contribution is 2.23. The van der Waals surface area contributed by atoms with Gasteiger partial charge in [0, 0.05) is 23.4 Å². The van der Waals surface area contributed by atoms with Crippen molar-refractivity contribution in [2.75, 3.05) is 7.11 Å². The monoisotopic (exact) mass is 436 g/mol. The third kappa shape index (κ3) is 4.72. The molecule has 31 heavy (non-hydrogen) atoms. The van der Waals surface area contributed by atoms with E-state index in [4.69, 9.17) is 0 Å². The van der Waals surface area contributed by atoms with Crippen LogP contribution in [0.1, 0.15) is 11.1 Å². The molecule has 4 rings (SSSR count). The highest BCUT2D eigenvalue weighted by molar-refractivity contribution is 8.18. The van der Waals surface area contributed by atoms with Crippen molar-refractivity contribution in [1.82, 2.24) is 9.88 Å². The van der Waals surface area contributed by atoms with E-state index in [2.05, 4.69) is 20.3 Å². The predicted octanol–water partition coefficient (Wildman–Crippen LogP) is 3.44. The summed E-state index contributed by atoms with van der Waals surface area (Å²) >= 11 is 1.00. The van der Waals surface area contributed by atoms with Gasteiger partial charge in [-0.05, 0) is 40.9 Å². The molecule has 1 amide bonds. The number of hydrogen-bond donors (Lipinski definition) is 1. The number of halogens is 1. The molecule has 9 heteroatoms. The number of amides is 1. The maximum Gasteiger partial charge on any atom is 0.331 e. The van der Waals surface area contributed by atoms with Gasteiger partial charge in [0.25, 0.3) is 5.91 Å². The van der Waals surface area contributed by atoms with Crippen LogP contribution in [-0.4, -0.2) is 34.9 Å². The summed E-state index contributed by atoms with van der Waals surface area (Å²) in [5.41, 5.74) is 2.34. The van der Waals surface area contributed by atoms with Gasteiger partial charge in [-0.15, -0.1) is 5.10 Å². The fourth-order valence-electron chi connectivity index (χ4n) is 3.02. The number of fused-ring (bicyclic) bond motifs is 1. The number of benzene rings is 2. The lowest BCUT2D eigenvalue weighted by molar-refractivity contribution is -0.135. The zero-order valence-corrected chi connectivity index (χ0v) is 17.2. The summed E-state index contributed by atoms with van der Waals surface area (Å²) in [7, 11) is 1.24. The van der Waals surface area contributed by atoms with E-state index in [-0.39, 0.29) is 15.9 Å². The van der Waals surface area contributed by atoms with Crippen molar-refractivity contribution in [2.45, 2.75) is 6.54 Å². The van der Waals surface area contributed by atoms with E-state index in [1.807, 2.05) is 41.1 Å². The molecule has 0 atom stereocenters. The Morgan fingerprint density at radius 2 is 2.10 bits per heavy atom. The smallest absolute Gasteiger partial charge is 0.331 e. The second-order valence-corrected chi connectivity index (χ2v) is 7.62. The molecule has 0 bridgehead atoms. The number of nitrogens with zero attached hydrogens (tertiary/aromatic N) is 3. The lowest BCUT2D eigenvalue weighted by Gasteiger charge is -2.07. The Balaban J connectivity index is 1.52. The number of nitrogens with one attached hydrogen (secondary N) is 1. The first-order valence-electron chi connectivity index (χ1n) is 9.25. The van der Waals surface area contributed by atoms with Crippen LogP contribution in [0.2, 0.25) is 0 Å². The molecule has 1 aliphatic rings. The maximum absolute atomic E-state index is 14.0. The number of ether oxygens (including phenoxy) is 1. The largest absolute Gasteiger partial charge is 0.466 e. The maximum atomic E-state index is 14.0. The number of hydrogen-bond acceptors (Lipinski definition) is 6. The summed E-state index contributed by atoms with van der Waals surface area (Å²) in [6, 6.07) is 14.4. The first-order valence-corrected chi connectivity index (χ1v) is 10.1. The van der Waals surface area contributed by atoms with E-state index in [9.17, 15) is 14.0 Å². The van der Waals surface area contributed by atoms with Crippen LogP contribution >= 0.6 is 11.8 Å². The van der Waals surface area contributed by atoms with E-state index < -0.39 is 11.9 Å². The van der Waals surface area contributed by atoms with Gasteiger partial charge in [-0.3, -0.25) is 10.1 Å². The minimum absolute atomic E-state index is 0.188. The second-order valence-electron chi connectivity index (χ2n) is 6.59. The number of aromatic nitrogens is 1. The number of amidine groups is 1. The molecule has 0 unspecified atom stereocenters. The molecule has 2 heterocycles. The van der Waals surface area contributed by atoms with Crippen LogP contribution in [0, 0.1) is 5.82 Å². The Hall–Kier alpha value is -3.72. The fourth-order valence-corrected chi connectivity index (χ4v) is 3.76. The minimum Gasteiger partial charge on any atom is -0.466 e. The zero-order chi connectivity index (χ0) is 21.8. The Morgan fingerprint density at radius 1 is 1.26 bits per heavy atom. The standard InChI is InChI=1S/C22H17FN4O3S/c1-30-20(28)11-19-21(29)25-22(31-19)26-24-12-14-6-7-15-8-9-27(18(15)10-14)13-16-4-2-3-5-17(16)23/h2-12H,13H2,1H3,(H,25,26,29)/b19-11+,24-12?. The van der Waals surface area contributed by atoms with Crippen molar-refractivity contribution in [3.63, 3.8) is 0 Å². The van der Waals surface area contributed by atoms with Gasteiger partial charge >= 0.3 is 5.97 Å². The lowest BCUT2D eigenvalue weighted by atomic mass is 10.1. The molecule has 1 aromatic heterocycles. The van der Waals surface area contributed by atoms with Gasteiger partial charge in [0.15, 0.2) is 5.17 Å². The SMILES string of the molecule is COC(=O)/C=C1/S/C(=N\N=Cc2ccc3ccn(Cc4ccccc4F)c3c2)NC1=O. The summed E-state index contributed by atoms with van der Waals surface area (Å²) in [5, 5.41) is 11.8. The summed E-state index contributed by atoms with van der Waals surface area (Å²) in [5.74, 6) is -1.29. The molecule has 2 aromatic carbocycles. The third-order valence-electron chi connectivity index (χ3n) is 4.55. The molecule has 1 N–H and O–H groups in total. The van der Waals surface area contributed by atoms with Gasteiger partial charge in [-0.1, -0.05) is 30.3 Å². The van der Waals surface area contributed by atoms with Crippen molar-refractivity contribution in [1.29, 1.82) is 0 Å². The number of thioether (sulfide) groups is 1. The van der Waals surface area contributed by atoms with E-state index in [1.54, 1.807) is 18.3 Å². The fraction of sp³-hybridized carbons (Fsp3) is 0.0909. The van der Waals surface area contributed by atoms with Gasteiger partial charge in [-0.25, -0.2) is 9.18 Å². The highest BCUT2D eigenvalue weighted by Gasteiger charge is 2.25. The first-order chi connectivity index (χ1) is 15.0. The predicted molar refractivity (Wildman–Crippen MR) is 118 cm³/mol. The van der Waals surface area contributed by atoms with Crippen LogP contribution < -0.4 is 5.32 Å². The quantitative estimate of drug-likeness (QED) is 0.287. The van der Waals surface area contributed by atoms with Crippen LogP contribution in [0.4, 0.5) is 4.39 Å². The zero-order valence-electron chi connectivity index (χ0n) is 16.4. The normalized spacial score (nSPS) is 16.5. The average molecular weight is 436 g/mol. The van der Waals surface area contributed by atoms with Gasteiger partial charge in [0.05, 0.1) is 24.8 Å². The Morgan fingerprint density at radius 3 is 2.90 bits per heavy atom. The molecule has 0 saturated carbocycles. The van der Waals surface area contributed by atoms with Gasteiger partial charge in [0.1, 0.15) is 5.82 Å². The highest BCUT2D eigenvalue weighted by atomic mass is 32.2. The minimum atomic E-state index is -0.617. The van der Waals surface area contributed by atoms with E-state index in [1.165, 1.54) is 13.2 Å². The Labute approximate surface area is 181 Å². The summed E-state index contributed by atoms with van der Waals surface area (Å²) < 4.78 is 20.5. The average Bonchev–Trinajstić information content (AvgIpc) is 3.32. The number of rotatable bonds is 5. The molecular formula is C22H17FN4O3S. The number of carbonyl (C=O) groups excluding carboxylic acids is 2. The molecule has 7 nitrogen and oxygen atoms in total. The topological polar surface area (TPSA) is 85.0 Å². The third-order valence-corrected chi connectivity index (χ3v) is 5.45. The van der Waals surface area contributed by atoms with Crippen LogP contribution in [0.5, 0.6) is 0 Å². The Kier molecular flexibility index (Phi) is 5.94. The van der Waals surface area contributed by atoms with Crippen LogP contribution in [0.25, 0.3) is 10.9 Å². The molecule has 0 aliphatic carbocycles. The van der Waals surface area contributed by atoms with Crippen molar-refractivity contribution in [3.05, 3.63) is 82.7 Å². The molecule has 1 saturated heterocycles. The molecular weight excluding hydrogens is 419 g/mol. The van der Waals surface area contributed by atoms with Gasteiger partial charge in [-0.2, -0.15) is 5.10 Å². The molecule has 156 valence electrons. The van der Waals surface area contributed by atoms with Crippen molar-refractivity contribution in [2.24, 2.45) is 10.2 Å². The first kappa shape index (κ1) is 20.5. The second kappa shape index (κ2) is 8.97. The van der Waals surface area contributed by atoms with Gasteiger partial charge < -0.3 is 9.30 Å². The van der Waals surface area contributed by atoms with Crippen molar-refractivity contribution >= 4 is 45.9 Å². The molecule has 1 fully saturated rings. The number of methoxy groups -OCH3 is 1. The van der Waals surface area contributed by atoms with E-state index >= 15 is 0 Å². The van der Waals surface area contributed by atoms with Crippen LogP contribution in [-0.2, 0) is 20.9 Å². The molecule has 3 aromatic rings. The summed E-state index contributed by atoms with van der Waals surface area (Å²) in [6.45, 7) is 0.414.